The maximum Gasteiger partial charge on any atom is 0.489 e. The second-order valence-electron chi connectivity index (χ2n) is 8.51. The van der Waals surface area contributed by atoms with Gasteiger partial charge in [-0.1, -0.05) is 97.1 Å². The van der Waals surface area contributed by atoms with Crippen LogP contribution < -0.4 is 10.9 Å². The Bertz CT molecular complexity index is 1480. The van der Waals surface area contributed by atoms with Gasteiger partial charge in [-0.15, -0.1) is 0 Å². The molecule has 0 fully saturated rings. The maximum atomic E-state index is 10.3. The zero-order chi connectivity index (χ0) is 23.4. The summed E-state index contributed by atoms with van der Waals surface area (Å²) in [6.07, 6.45) is 0. The molecular weight excluding hydrogens is 422 g/mol. The molecule has 4 nitrogen and oxygen atoms in total. The van der Waals surface area contributed by atoms with Crippen LogP contribution in [0.3, 0.4) is 0 Å². The van der Waals surface area contributed by atoms with E-state index in [1.54, 1.807) is 0 Å². The maximum absolute atomic E-state index is 10.3. The van der Waals surface area contributed by atoms with E-state index in [1.807, 2.05) is 97.1 Å². The summed E-state index contributed by atoms with van der Waals surface area (Å²) in [5.74, 6) is 0. The number of hydrogen-bond acceptors (Lipinski definition) is 4. The highest BCUT2D eigenvalue weighted by atomic mass is 16.4. The lowest BCUT2D eigenvalue weighted by molar-refractivity contribution is 0.425. The molecule has 162 valence electrons. The van der Waals surface area contributed by atoms with Crippen LogP contribution >= 0.6 is 0 Å². The first-order valence-corrected chi connectivity index (χ1v) is 11.2. The predicted molar refractivity (Wildman–Crippen MR) is 142 cm³/mol. The molecule has 0 amide bonds. The van der Waals surface area contributed by atoms with Crippen LogP contribution in [0.15, 0.2) is 97.1 Å². The van der Waals surface area contributed by atoms with Crippen molar-refractivity contribution in [2.45, 2.75) is 0 Å². The first-order chi connectivity index (χ1) is 16.6. The van der Waals surface area contributed by atoms with E-state index in [9.17, 15) is 20.1 Å². The summed E-state index contributed by atoms with van der Waals surface area (Å²) >= 11 is 0. The van der Waals surface area contributed by atoms with Crippen LogP contribution in [0, 0.1) is 0 Å². The van der Waals surface area contributed by atoms with E-state index in [0.717, 1.165) is 54.2 Å². The lowest BCUT2D eigenvalue weighted by Gasteiger charge is -2.21. The first kappa shape index (κ1) is 20.9. The third kappa shape index (κ3) is 2.98. The second kappa shape index (κ2) is 7.97. The smallest absolute Gasteiger partial charge is 0.423 e. The number of benzene rings is 6. The van der Waals surface area contributed by atoms with Crippen molar-refractivity contribution in [2.24, 2.45) is 0 Å². The lowest BCUT2D eigenvalue weighted by atomic mass is 9.70. The van der Waals surface area contributed by atoms with E-state index in [0.29, 0.717) is 10.9 Å². The van der Waals surface area contributed by atoms with E-state index in [4.69, 9.17) is 0 Å². The van der Waals surface area contributed by atoms with E-state index in [2.05, 4.69) is 0 Å². The molecule has 0 atom stereocenters. The van der Waals surface area contributed by atoms with Crippen LogP contribution in [0.4, 0.5) is 0 Å². The molecule has 34 heavy (non-hydrogen) atoms. The highest BCUT2D eigenvalue weighted by Gasteiger charge is 2.26. The Morgan fingerprint density at radius 3 is 0.735 bits per heavy atom. The van der Waals surface area contributed by atoms with Crippen LogP contribution in [0.5, 0.6) is 0 Å². The zero-order valence-corrected chi connectivity index (χ0v) is 18.2. The Kier molecular flexibility index (Phi) is 4.90. The van der Waals surface area contributed by atoms with Crippen molar-refractivity contribution in [3.8, 4) is 11.1 Å². The normalized spacial score (nSPS) is 11.5. The number of fused-ring (bicyclic) bond motifs is 4. The van der Waals surface area contributed by atoms with Crippen LogP contribution in [0.2, 0.25) is 0 Å². The molecule has 0 aliphatic heterocycles. The summed E-state index contributed by atoms with van der Waals surface area (Å²) in [5.41, 5.74) is 2.90. The highest BCUT2D eigenvalue weighted by molar-refractivity contribution is 6.67. The fourth-order valence-corrected chi connectivity index (χ4v) is 5.42. The van der Waals surface area contributed by atoms with Gasteiger partial charge in [-0.2, -0.15) is 0 Å². The van der Waals surface area contributed by atoms with Gasteiger partial charge in [-0.3, -0.25) is 0 Å². The van der Waals surface area contributed by atoms with Gasteiger partial charge in [-0.25, -0.2) is 0 Å². The minimum atomic E-state index is -1.62. The molecule has 6 rings (SSSR count). The van der Waals surface area contributed by atoms with Crippen LogP contribution in [0.25, 0.3) is 54.2 Å². The standard InChI is InChI=1S/C28H20B2O4/c31-29(32)27-21-13-5-1-9-17(21)25(18-10-2-6-14-22(18)27)26-19-11-3-7-15-23(19)28(30(33)34)24-16-8-4-12-20(24)26/h1-16,31-34H. The van der Waals surface area contributed by atoms with Gasteiger partial charge in [0.05, 0.1) is 0 Å². The summed E-state index contributed by atoms with van der Waals surface area (Å²) in [6, 6.07) is 31.0. The number of hydrogen-bond donors (Lipinski definition) is 4. The van der Waals surface area contributed by atoms with Crippen LogP contribution in [-0.2, 0) is 0 Å². The molecule has 0 heterocycles. The summed E-state index contributed by atoms with van der Waals surface area (Å²) in [5, 5.41) is 48.0. The third-order valence-electron chi connectivity index (χ3n) is 6.71. The van der Waals surface area contributed by atoms with E-state index in [-0.39, 0.29) is 0 Å². The fraction of sp³-hybridized carbons (Fsp3) is 0. The number of rotatable bonds is 3. The zero-order valence-electron chi connectivity index (χ0n) is 18.2. The Labute approximate surface area is 196 Å². The molecule has 0 radical (unpaired) electrons. The van der Waals surface area contributed by atoms with E-state index < -0.39 is 14.2 Å². The van der Waals surface area contributed by atoms with Crippen molar-refractivity contribution in [3.63, 3.8) is 0 Å². The third-order valence-corrected chi connectivity index (χ3v) is 6.71. The summed E-state index contributed by atoms with van der Waals surface area (Å²) in [7, 11) is -3.24. The average molecular weight is 442 g/mol. The average Bonchev–Trinajstić information content (AvgIpc) is 2.85. The van der Waals surface area contributed by atoms with E-state index >= 15 is 0 Å². The molecule has 0 saturated heterocycles. The Morgan fingerprint density at radius 1 is 0.324 bits per heavy atom. The molecule has 4 N–H and O–H groups in total. The van der Waals surface area contributed by atoms with Crippen molar-refractivity contribution in [3.05, 3.63) is 97.1 Å². The van der Waals surface area contributed by atoms with Crippen molar-refractivity contribution in [1.82, 2.24) is 0 Å². The van der Waals surface area contributed by atoms with Gasteiger partial charge < -0.3 is 20.1 Å². The molecule has 0 unspecified atom stereocenters. The summed E-state index contributed by atoms with van der Waals surface area (Å²) in [4.78, 5) is 0. The molecule has 0 saturated carbocycles. The Balaban J connectivity index is 1.94. The minimum absolute atomic E-state index is 0.478. The minimum Gasteiger partial charge on any atom is -0.423 e. The molecular formula is C28H20B2O4. The largest absolute Gasteiger partial charge is 0.489 e. The van der Waals surface area contributed by atoms with Gasteiger partial charge in [-0.05, 0) is 65.1 Å². The quantitative estimate of drug-likeness (QED) is 0.251. The molecule has 6 aromatic rings. The molecule has 6 aromatic carbocycles. The van der Waals surface area contributed by atoms with Crippen molar-refractivity contribution in [2.75, 3.05) is 0 Å². The molecule has 0 aliphatic rings. The molecule has 0 aromatic heterocycles. The van der Waals surface area contributed by atoms with Gasteiger partial charge >= 0.3 is 14.2 Å². The topological polar surface area (TPSA) is 80.9 Å². The van der Waals surface area contributed by atoms with Crippen LogP contribution in [-0.4, -0.2) is 34.3 Å². The van der Waals surface area contributed by atoms with Crippen LogP contribution in [0.1, 0.15) is 0 Å². The molecule has 6 heteroatoms. The van der Waals surface area contributed by atoms with Crippen molar-refractivity contribution in [1.29, 1.82) is 0 Å². The SMILES string of the molecule is OB(O)c1c2ccccc2c(-c2c3ccccc3c(B(O)O)c3ccccc23)c2ccccc12. The fourth-order valence-electron chi connectivity index (χ4n) is 5.42. The first-order valence-electron chi connectivity index (χ1n) is 11.2. The van der Waals surface area contributed by atoms with Gasteiger partial charge in [0, 0.05) is 0 Å². The van der Waals surface area contributed by atoms with Crippen molar-refractivity contribution >= 4 is 68.3 Å². The monoisotopic (exact) mass is 442 g/mol. The summed E-state index contributed by atoms with van der Waals surface area (Å²) in [6.45, 7) is 0. The molecule has 0 aliphatic carbocycles. The highest BCUT2D eigenvalue weighted by Crippen LogP contribution is 2.42. The van der Waals surface area contributed by atoms with Crippen molar-refractivity contribution < 1.29 is 20.1 Å². The van der Waals surface area contributed by atoms with Gasteiger partial charge in [0.1, 0.15) is 0 Å². The van der Waals surface area contributed by atoms with Gasteiger partial charge in [0.15, 0.2) is 0 Å². The molecule has 0 bridgehead atoms. The Hall–Kier alpha value is -3.67. The summed E-state index contributed by atoms with van der Waals surface area (Å²) < 4.78 is 0. The predicted octanol–water partition coefficient (Wildman–Crippen LogP) is 3.33. The van der Waals surface area contributed by atoms with Gasteiger partial charge in [0.2, 0.25) is 0 Å². The van der Waals surface area contributed by atoms with E-state index in [1.165, 1.54) is 0 Å². The second-order valence-corrected chi connectivity index (χ2v) is 8.51. The van der Waals surface area contributed by atoms with Gasteiger partial charge in [0.25, 0.3) is 0 Å². The lowest BCUT2D eigenvalue weighted by Crippen LogP contribution is -2.32. The Morgan fingerprint density at radius 2 is 0.529 bits per heavy atom. The molecule has 0 spiro atoms.